The summed E-state index contributed by atoms with van der Waals surface area (Å²) in [5, 5.41) is 7.80. The number of piperidine rings is 1. The van der Waals surface area contributed by atoms with Gasteiger partial charge in [-0.3, -0.25) is 5.32 Å². The van der Waals surface area contributed by atoms with E-state index in [0.29, 0.717) is 35.1 Å². The zero-order valence-electron chi connectivity index (χ0n) is 12.3. The molecule has 118 valence electrons. The molecular formula is C12H16N6O2S2. The third-order valence-electron chi connectivity index (χ3n) is 3.40. The Labute approximate surface area is 135 Å². The molecule has 10 heteroatoms. The predicted molar refractivity (Wildman–Crippen MR) is 83.3 cm³/mol. The Balaban J connectivity index is 1.62. The number of carbonyl (C=O) groups is 1. The third-order valence-corrected chi connectivity index (χ3v) is 4.70. The van der Waals surface area contributed by atoms with Gasteiger partial charge in [0.05, 0.1) is 5.92 Å². The second-order valence-electron chi connectivity index (χ2n) is 4.98. The lowest BCUT2D eigenvalue weighted by Crippen LogP contribution is -2.41. The summed E-state index contributed by atoms with van der Waals surface area (Å²) in [7, 11) is 0. The molecule has 0 aliphatic carbocycles. The first-order valence-electron chi connectivity index (χ1n) is 6.89. The number of anilines is 1. The molecule has 1 fully saturated rings. The molecule has 2 aromatic heterocycles. The van der Waals surface area contributed by atoms with Crippen LogP contribution in [-0.2, 0) is 0 Å². The second-order valence-corrected chi connectivity index (χ2v) is 6.51. The molecule has 1 N–H and O–H groups in total. The van der Waals surface area contributed by atoms with Gasteiger partial charge < -0.3 is 9.42 Å². The van der Waals surface area contributed by atoms with Crippen molar-refractivity contribution >= 4 is 34.5 Å². The fraction of sp³-hybridized carbons (Fsp3) is 0.583. The lowest BCUT2D eigenvalue weighted by molar-refractivity contribution is 0.184. The van der Waals surface area contributed by atoms with E-state index in [9.17, 15) is 4.79 Å². The second kappa shape index (κ2) is 6.61. The maximum atomic E-state index is 12.3. The Morgan fingerprint density at radius 3 is 3.05 bits per heavy atom. The highest BCUT2D eigenvalue weighted by atomic mass is 32.2. The zero-order valence-corrected chi connectivity index (χ0v) is 13.9. The maximum absolute atomic E-state index is 12.3. The molecule has 22 heavy (non-hydrogen) atoms. The van der Waals surface area contributed by atoms with Crippen molar-refractivity contribution in [2.75, 3.05) is 24.7 Å². The Kier molecular flexibility index (Phi) is 4.57. The summed E-state index contributed by atoms with van der Waals surface area (Å²) in [6.45, 7) is 3.07. The van der Waals surface area contributed by atoms with Crippen molar-refractivity contribution in [2.45, 2.75) is 30.8 Å². The summed E-state index contributed by atoms with van der Waals surface area (Å²) < 4.78 is 9.35. The number of aryl methyl sites for hydroxylation is 1. The van der Waals surface area contributed by atoms with Crippen molar-refractivity contribution < 1.29 is 9.32 Å². The number of rotatable bonds is 3. The first-order chi connectivity index (χ1) is 10.7. The van der Waals surface area contributed by atoms with Gasteiger partial charge in [0.2, 0.25) is 16.2 Å². The SMILES string of the molecule is CSc1nsc(NC(=O)N2CCC[C@H](c3nc(C)no3)C2)n1. The van der Waals surface area contributed by atoms with Gasteiger partial charge in [-0.1, -0.05) is 16.9 Å². The van der Waals surface area contributed by atoms with Crippen LogP contribution in [0.5, 0.6) is 0 Å². The van der Waals surface area contributed by atoms with Crippen molar-refractivity contribution in [1.29, 1.82) is 0 Å². The number of nitrogens with zero attached hydrogens (tertiary/aromatic N) is 5. The highest BCUT2D eigenvalue weighted by molar-refractivity contribution is 7.98. The quantitative estimate of drug-likeness (QED) is 0.857. The van der Waals surface area contributed by atoms with Crippen LogP contribution in [-0.4, -0.2) is 49.8 Å². The van der Waals surface area contributed by atoms with Crippen LogP contribution in [0, 0.1) is 6.92 Å². The number of hydrogen-bond acceptors (Lipinski definition) is 8. The van der Waals surface area contributed by atoms with Crippen LogP contribution in [0.2, 0.25) is 0 Å². The zero-order chi connectivity index (χ0) is 15.5. The number of hydrogen-bond donors (Lipinski definition) is 1. The normalized spacial score (nSPS) is 18.5. The number of carbonyl (C=O) groups excluding carboxylic acids is 1. The van der Waals surface area contributed by atoms with E-state index in [-0.39, 0.29) is 11.9 Å². The molecule has 0 unspecified atom stereocenters. The smallest absolute Gasteiger partial charge is 0.323 e. The Bertz CT molecular complexity index is 658. The highest BCUT2D eigenvalue weighted by Gasteiger charge is 2.28. The monoisotopic (exact) mass is 340 g/mol. The van der Waals surface area contributed by atoms with E-state index in [0.717, 1.165) is 12.8 Å². The summed E-state index contributed by atoms with van der Waals surface area (Å²) in [5.41, 5.74) is 0. The number of nitrogens with one attached hydrogen (secondary N) is 1. The molecule has 1 atom stereocenters. The standard InChI is InChI=1S/C12H16N6O2S2/c1-7-13-9(20-16-7)8-4-3-5-18(6-8)12(19)15-10-14-11(21-2)17-22-10/h8H,3-6H2,1-2H3,(H,14,15,17,19)/t8-/m0/s1. The molecule has 1 aliphatic rings. The largest absolute Gasteiger partial charge is 0.339 e. The maximum Gasteiger partial charge on any atom is 0.323 e. The molecule has 1 aliphatic heterocycles. The first kappa shape index (κ1) is 15.2. The number of thioether (sulfide) groups is 1. The van der Waals surface area contributed by atoms with Gasteiger partial charge in [-0.05, 0) is 26.0 Å². The Morgan fingerprint density at radius 2 is 2.36 bits per heavy atom. The van der Waals surface area contributed by atoms with E-state index in [4.69, 9.17) is 4.52 Å². The van der Waals surface area contributed by atoms with E-state index in [1.807, 2.05) is 6.26 Å². The van der Waals surface area contributed by atoms with Crippen LogP contribution in [0.1, 0.15) is 30.5 Å². The minimum atomic E-state index is -0.162. The summed E-state index contributed by atoms with van der Waals surface area (Å²) in [4.78, 5) is 22.6. The fourth-order valence-corrected chi connectivity index (χ4v) is 3.47. The predicted octanol–water partition coefficient (Wildman–Crippen LogP) is 2.36. The van der Waals surface area contributed by atoms with Crippen LogP contribution in [0.15, 0.2) is 9.68 Å². The fourth-order valence-electron chi connectivity index (χ4n) is 2.36. The van der Waals surface area contributed by atoms with Crippen molar-refractivity contribution in [3.8, 4) is 0 Å². The lowest BCUT2D eigenvalue weighted by atomic mass is 9.98. The van der Waals surface area contributed by atoms with Crippen molar-refractivity contribution in [3.63, 3.8) is 0 Å². The van der Waals surface area contributed by atoms with Crippen LogP contribution in [0.25, 0.3) is 0 Å². The van der Waals surface area contributed by atoms with E-state index < -0.39 is 0 Å². The molecular weight excluding hydrogens is 324 g/mol. The molecule has 0 saturated carbocycles. The average Bonchev–Trinajstić information content (AvgIpc) is 3.16. The molecule has 8 nitrogen and oxygen atoms in total. The molecule has 0 spiro atoms. The van der Waals surface area contributed by atoms with E-state index in [1.165, 1.54) is 23.3 Å². The van der Waals surface area contributed by atoms with Gasteiger partial charge in [-0.25, -0.2) is 4.79 Å². The Hall–Kier alpha value is -1.68. The van der Waals surface area contributed by atoms with Crippen molar-refractivity contribution in [2.24, 2.45) is 0 Å². The van der Waals surface area contributed by atoms with Crippen LogP contribution < -0.4 is 5.32 Å². The van der Waals surface area contributed by atoms with Gasteiger partial charge in [-0.2, -0.15) is 14.3 Å². The number of likely N-dealkylation sites (tertiary alicyclic amines) is 1. The van der Waals surface area contributed by atoms with Gasteiger partial charge in [0.1, 0.15) is 0 Å². The van der Waals surface area contributed by atoms with Crippen LogP contribution >= 0.6 is 23.3 Å². The summed E-state index contributed by atoms with van der Waals surface area (Å²) in [6.07, 6.45) is 3.75. The molecule has 3 heterocycles. The summed E-state index contributed by atoms with van der Waals surface area (Å²) in [5.74, 6) is 1.32. The molecule has 2 aromatic rings. The molecule has 3 rings (SSSR count). The molecule has 1 saturated heterocycles. The Morgan fingerprint density at radius 1 is 1.50 bits per heavy atom. The van der Waals surface area contributed by atoms with Crippen LogP contribution in [0.3, 0.4) is 0 Å². The van der Waals surface area contributed by atoms with Gasteiger partial charge >= 0.3 is 6.03 Å². The van der Waals surface area contributed by atoms with Gasteiger partial charge in [0, 0.05) is 24.6 Å². The van der Waals surface area contributed by atoms with E-state index in [1.54, 1.807) is 11.8 Å². The van der Waals surface area contributed by atoms with Gasteiger partial charge in [-0.15, -0.1) is 0 Å². The van der Waals surface area contributed by atoms with Crippen molar-refractivity contribution in [3.05, 3.63) is 11.7 Å². The number of aromatic nitrogens is 4. The average molecular weight is 340 g/mol. The van der Waals surface area contributed by atoms with Crippen LogP contribution in [0.4, 0.5) is 9.93 Å². The minimum Gasteiger partial charge on any atom is -0.339 e. The van der Waals surface area contributed by atoms with Gasteiger partial charge in [0.25, 0.3) is 0 Å². The first-order valence-corrected chi connectivity index (χ1v) is 8.89. The summed E-state index contributed by atoms with van der Waals surface area (Å²) >= 11 is 2.63. The third kappa shape index (κ3) is 3.38. The summed E-state index contributed by atoms with van der Waals surface area (Å²) in [6, 6.07) is -0.162. The number of urea groups is 1. The number of amides is 2. The van der Waals surface area contributed by atoms with Crippen molar-refractivity contribution in [1.82, 2.24) is 24.4 Å². The van der Waals surface area contributed by atoms with E-state index in [2.05, 4.69) is 24.8 Å². The molecule has 2 amide bonds. The van der Waals surface area contributed by atoms with E-state index >= 15 is 0 Å². The molecule has 0 radical (unpaired) electrons. The lowest BCUT2D eigenvalue weighted by Gasteiger charge is -2.30. The molecule has 0 aromatic carbocycles. The topological polar surface area (TPSA) is 97.0 Å². The highest BCUT2D eigenvalue weighted by Crippen LogP contribution is 2.26. The molecule has 0 bridgehead atoms. The van der Waals surface area contributed by atoms with Gasteiger partial charge in [0.15, 0.2) is 5.82 Å². The minimum absolute atomic E-state index is 0.0943.